The van der Waals surface area contributed by atoms with E-state index >= 15 is 0 Å². The molecule has 0 unspecified atom stereocenters. The summed E-state index contributed by atoms with van der Waals surface area (Å²) in [5.41, 5.74) is 3.57. The van der Waals surface area contributed by atoms with Crippen LogP contribution in [0.15, 0.2) is 5.10 Å². The monoisotopic (exact) mass is 272 g/mol. The second-order valence-electron chi connectivity index (χ2n) is 5.46. The van der Waals surface area contributed by atoms with Gasteiger partial charge >= 0.3 is 0 Å². The lowest BCUT2D eigenvalue weighted by molar-refractivity contribution is -0.124. The van der Waals surface area contributed by atoms with Gasteiger partial charge in [0.15, 0.2) is 9.84 Å². The molecule has 1 amide bonds. The highest BCUT2D eigenvalue weighted by Gasteiger charge is 2.32. The van der Waals surface area contributed by atoms with Gasteiger partial charge in [-0.1, -0.05) is 6.92 Å². The Balaban J connectivity index is 1.86. The SMILES string of the molecule is C[C@H]1CCC/C(=N\NC(=O)[C@H]2CCS(=O)(=O)C2)C1. The molecule has 2 atom stereocenters. The Bertz CT molecular complexity index is 456. The van der Waals surface area contributed by atoms with Crippen LogP contribution in [0.25, 0.3) is 0 Å². The van der Waals surface area contributed by atoms with E-state index in [-0.39, 0.29) is 17.4 Å². The van der Waals surface area contributed by atoms with Gasteiger partial charge in [0, 0.05) is 5.71 Å². The Morgan fingerprint density at radius 3 is 2.78 bits per heavy atom. The Labute approximate surface area is 108 Å². The number of carbonyl (C=O) groups excluding carboxylic acids is 1. The first-order chi connectivity index (χ1) is 8.46. The highest BCUT2D eigenvalue weighted by Crippen LogP contribution is 2.21. The van der Waals surface area contributed by atoms with Crippen LogP contribution >= 0.6 is 0 Å². The summed E-state index contributed by atoms with van der Waals surface area (Å²) >= 11 is 0. The summed E-state index contributed by atoms with van der Waals surface area (Å²) in [4.78, 5) is 11.8. The Morgan fingerprint density at radius 2 is 2.17 bits per heavy atom. The van der Waals surface area contributed by atoms with E-state index in [1.165, 1.54) is 6.42 Å². The highest BCUT2D eigenvalue weighted by molar-refractivity contribution is 7.91. The van der Waals surface area contributed by atoms with E-state index in [1.54, 1.807) is 0 Å². The fourth-order valence-corrected chi connectivity index (χ4v) is 4.33. The Hall–Kier alpha value is -0.910. The second kappa shape index (κ2) is 5.38. The number of nitrogens with zero attached hydrogens (tertiary/aromatic N) is 1. The summed E-state index contributed by atoms with van der Waals surface area (Å²) in [6, 6.07) is 0. The molecule has 1 saturated heterocycles. The molecule has 1 N–H and O–H groups in total. The number of amides is 1. The summed E-state index contributed by atoms with van der Waals surface area (Å²) in [6.07, 6.45) is 4.63. The summed E-state index contributed by atoms with van der Waals surface area (Å²) in [7, 11) is -3.00. The minimum absolute atomic E-state index is 0.0277. The fourth-order valence-electron chi connectivity index (χ4n) is 2.59. The summed E-state index contributed by atoms with van der Waals surface area (Å²) in [6.45, 7) is 2.18. The molecular weight excluding hydrogens is 252 g/mol. The molecule has 1 heterocycles. The van der Waals surface area contributed by atoms with E-state index in [2.05, 4.69) is 17.5 Å². The van der Waals surface area contributed by atoms with Gasteiger partial charge in [0.2, 0.25) is 5.91 Å². The lowest BCUT2D eigenvalue weighted by atomic mass is 9.89. The van der Waals surface area contributed by atoms with Crippen molar-refractivity contribution >= 4 is 21.5 Å². The van der Waals surface area contributed by atoms with Gasteiger partial charge in [0.25, 0.3) is 0 Å². The zero-order valence-corrected chi connectivity index (χ0v) is 11.5. The molecular formula is C12H20N2O3S. The standard InChI is InChI=1S/C12H20N2O3S/c1-9-3-2-4-11(7-9)13-14-12(15)10-5-6-18(16,17)8-10/h9-10H,2-8H2,1H3,(H,14,15)/b13-11+/t9-,10-/m0/s1. The molecule has 0 aromatic carbocycles. The second-order valence-corrected chi connectivity index (χ2v) is 7.68. The van der Waals surface area contributed by atoms with Crippen molar-refractivity contribution in [2.45, 2.75) is 39.0 Å². The zero-order valence-electron chi connectivity index (χ0n) is 10.7. The Morgan fingerprint density at radius 1 is 1.39 bits per heavy atom. The van der Waals surface area contributed by atoms with Gasteiger partial charge in [0.05, 0.1) is 17.4 Å². The highest BCUT2D eigenvalue weighted by atomic mass is 32.2. The Kier molecular flexibility index (Phi) is 4.04. The summed E-state index contributed by atoms with van der Waals surface area (Å²) in [5, 5.41) is 4.15. The number of carbonyl (C=O) groups is 1. The lowest BCUT2D eigenvalue weighted by Gasteiger charge is -2.19. The zero-order chi connectivity index (χ0) is 13.2. The maximum Gasteiger partial charge on any atom is 0.244 e. The van der Waals surface area contributed by atoms with Gasteiger partial charge in [0.1, 0.15) is 0 Å². The van der Waals surface area contributed by atoms with Crippen LogP contribution in [0.2, 0.25) is 0 Å². The number of sulfone groups is 1. The van der Waals surface area contributed by atoms with Crippen LogP contribution in [0.1, 0.15) is 39.0 Å². The van der Waals surface area contributed by atoms with Crippen LogP contribution in [-0.2, 0) is 14.6 Å². The largest absolute Gasteiger partial charge is 0.273 e. The molecule has 18 heavy (non-hydrogen) atoms. The van der Waals surface area contributed by atoms with E-state index < -0.39 is 15.8 Å². The fraction of sp³-hybridized carbons (Fsp3) is 0.833. The number of hydrogen-bond donors (Lipinski definition) is 1. The van der Waals surface area contributed by atoms with Crippen LogP contribution in [0.4, 0.5) is 0 Å². The van der Waals surface area contributed by atoms with Crippen molar-refractivity contribution in [2.75, 3.05) is 11.5 Å². The molecule has 0 radical (unpaired) electrons. The van der Waals surface area contributed by atoms with Gasteiger partial charge in [-0.05, 0) is 38.0 Å². The van der Waals surface area contributed by atoms with Crippen LogP contribution in [0, 0.1) is 11.8 Å². The van der Waals surface area contributed by atoms with Gasteiger partial charge in [-0.2, -0.15) is 5.10 Å². The van der Waals surface area contributed by atoms with Gasteiger partial charge < -0.3 is 0 Å². The maximum absolute atomic E-state index is 11.8. The number of hydrazone groups is 1. The molecule has 0 spiro atoms. The minimum Gasteiger partial charge on any atom is -0.273 e. The average Bonchev–Trinajstić information content (AvgIpc) is 2.67. The van der Waals surface area contributed by atoms with Crippen LogP contribution in [0.5, 0.6) is 0 Å². The summed E-state index contributed by atoms with van der Waals surface area (Å²) in [5.74, 6) is 0.0575. The summed E-state index contributed by atoms with van der Waals surface area (Å²) < 4.78 is 22.6. The lowest BCUT2D eigenvalue weighted by Crippen LogP contribution is -2.29. The van der Waals surface area contributed by atoms with E-state index in [0.29, 0.717) is 12.3 Å². The van der Waals surface area contributed by atoms with E-state index in [4.69, 9.17) is 0 Å². The van der Waals surface area contributed by atoms with Crippen molar-refractivity contribution in [2.24, 2.45) is 16.9 Å². The first kappa shape index (κ1) is 13.5. The van der Waals surface area contributed by atoms with Gasteiger partial charge in [-0.25, -0.2) is 13.8 Å². The third-order valence-electron chi connectivity index (χ3n) is 3.67. The van der Waals surface area contributed by atoms with Crippen molar-refractivity contribution in [3.63, 3.8) is 0 Å². The molecule has 2 aliphatic rings. The molecule has 1 saturated carbocycles. The third-order valence-corrected chi connectivity index (χ3v) is 5.44. The van der Waals surface area contributed by atoms with Crippen molar-refractivity contribution < 1.29 is 13.2 Å². The van der Waals surface area contributed by atoms with Crippen molar-refractivity contribution in [1.29, 1.82) is 0 Å². The van der Waals surface area contributed by atoms with Crippen LogP contribution in [0.3, 0.4) is 0 Å². The topological polar surface area (TPSA) is 75.6 Å². The molecule has 0 aromatic heterocycles. The predicted octanol–water partition coefficient (Wildman–Crippen LogP) is 1.10. The van der Waals surface area contributed by atoms with Crippen LogP contribution < -0.4 is 5.43 Å². The average molecular weight is 272 g/mol. The van der Waals surface area contributed by atoms with E-state index in [0.717, 1.165) is 25.0 Å². The predicted molar refractivity (Wildman–Crippen MR) is 70.0 cm³/mol. The van der Waals surface area contributed by atoms with E-state index in [1.807, 2.05) is 0 Å². The smallest absolute Gasteiger partial charge is 0.244 e. The first-order valence-electron chi connectivity index (χ1n) is 6.52. The van der Waals surface area contributed by atoms with Gasteiger partial charge in [-0.15, -0.1) is 0 Å². The molecule has 1 aliphatic carbocycles. The first-order valence-corrected chi connectivity index (χ1v) is 8.34. The quantitative estimate of drug-likeness (QED) is 0.765. The van der Waals surface area contributed by atoms with Crippen molar-refractivity contribution in [3.8, 4) is 0 Å². The van der Waals surface area contributed by atoms with Crippen molar-refractivity contribution in [3.05, 3.63) is 0 Å². The molecule has 2 rings (SSSR count). The number of nitrogens with one attached hydrogen (secondary N) is 1. The van der Waals surface area contributed by atoms with Gasteiger partial charge in [-0.3, -0.25) is 4.79 Å². The number of rotatable bonds is 2. The van der Waals surface area contributed by atoms with Crippen LogP contribution in [-0.4, -0.2) is 31.5 Å². The molecule has 0 bridgehead atoms. The molecule has 6 heteroatoms. The molecule has 2 fully saturated rings. The molecule has 0 aromatic rings. The number of hydrogen-bond acceptors (Lipinski definition) is 4. The normalized spacial score (nSPS) is 33.5. The van der Waals surface area contributed by atoms with Crippen molar-refractivity contribution in [1.82, 2.24) is 5.43 Å². The van der Waals surface area contributed by atoms with E-state index in [9.17, 15) is 13.2 Å². The molecule has 5 nitrogen and oxygen atoms in total. The maximum atomic E-state index is 11.8. The minimum atomic E-state index is -3.00. The third kappa shape index (κ3) is 3.54. The molecule has 1 aliphatic heterocycles. The molecule has 102 valence electrons.